The van der Waals surface area contributed by atoms with Crippen LogP contribution in [0.3, 0.4) is 0 Å². The van der Waals surface area contributed by atoms with Gasteiger partial charge < -0.3 is 10.4 Å². The second-order valence-electron chi connectivity index (χ2n) is 13.4. The van der Waals surface area contributed by atoms with Gasteiger partial charge in [-0.1, -0.05) is 45.4 Å². The molecule has 0 spiro atoms. The van der Waals surface area contributed by atoms with E-state index in [2.05, 4.69) is 52.1 Å². The van der Waals surface area contributed by atoms with Crippen LogP contribution in [-0.4, -0.2) is 22.3 Å². The number of aliphatic hydroxyl groups is 1. The number of rotatable bonds is 2. The van der Waals surface area contributed by atoms with Crippen molar-refractivity contribution in [3.63, 3.8) is 0 Å². The maximum Gasteiger partial charge on any atom is 0.220 e. The van der Waals surface area contributed by atoms with Crippen molar-refractivity contribution in [2.75, 3.05) is 0 Å². The van der Waals surface area contributed by atoms with Crippen LogP contribution < -0.4 is 5.32 Å². The predicted molar refractivity (Wildman–Crippen MR) is 140 cm³/mol. The van der Waals surface area contributed by atoms with Gasteiger partial charge in [-0.05, 0) is 105 Å². The van der Waals surface area contributed by atoms with Crippen LogP contribution in [0.25, 0.3) is 0 Å². The first-order valence-electron chi connectivity index (χ1n) is 13.6. The van der Waals surface area contributed by atoms with Crippen molar-refractivity contribution in [2.24, 2.45) is 27.6 Å². The maximum atomic E-state index is 12.7. The third-order valence-corrected chi connectivity index (χ3v) is 11.6. The second kappa shape index (κ2) is 7.46. The highest BCUT2D eigenvalue weighted by atomic mass is 16.3. The van der Waals surface area contributed by atoms with Crippen LogP contribution in [-0.2, 0) is 9.59 Å². The van der Waals surface area contributed by atoms with Gasteiger partial charge >= 0.3 is 0 Å². The molecule has 5 aliphatic rings. The molecule has 0 aromatic rings. The molecule has 0 aromatic carbocycles. The van der Waals surface area contributed by atoms with Crippen LogP contribution in [0.5, 0.6) is 0 Å². The number of hydrogen-bond acceptors (Lipinski definition) is 3. The summed E-state index contributed by atoms with van der Waals surface area (Å²) in [4.78, 5) is 24.8. The van der Waals surface area contributed by atoms with E-state index in [1.165, 1.54) is 12.0 Å². The number of nitrogens with one attached hydrogen (secondary N) is 1. The number of allylic oxidation sites excluding steroid dienone is 7. The molecular formula is C31H43NO3. The van der Waals surface area contributed by atoms with Crippen molar-refractivity contribution >= 4 is 11.7 Å². The van der Waals surface area contributed by atoms with E-state index in [1.807, 2.05) is 6.92 Å². The van der Waals surface area contributed by atoms with Crippen LogP contribution in [0.15, 0.2) is 46.3 Å². The van der Waals surface area contributed by atoms with E-state index in [0.717, 1.165) is 56.1 Å². The Morgan fingerprint density at radius 1 is 1.06 bits per heavy atom. The van der Waals surface area contributed by atoms with Crippen molar-refractivity contribution in [2.45, 2.75) is 105 Å². The molecule has 2 N–H and O–H groups in total. The van der Waals surface area contributed by atoms with Crippen molar-refractivity contribution in [1.82, 2.24) is 5.32 Å². The molecule has 4 nitrogen and oxygen atoms in total. The van der Waals surface area contributed by atoms with Gasteiger partial charge in [0.2, 0.25) is 11.7 Å². The molecule has 3 fully saturated rings. The highest BCUT2D eigenvalue weighted by Gasteiger charge is 2.67. The zero-order valence-electron chi connectivity index (χ0n) is 22.7. The van der Waals surface area contributed by atoms with Gasteiger partial charge in [-0.3, -0.25) is 9.59 Å². The molecule has 1 amide bonds. The van der Waals surface area contributed by atoms with E-state index in [9.17, 15) is 14.7 Å². The van der Waals surface area contributed by atoms with Gasteiger partial charge in [0.25, 0.3) is 0 Å². The number of aliphatic hydroxyl groups excluding tert-OH is 1. The minimum atomic E-state index is -0.260. The van der Waals surface area contributed by atoms with E-state index in [4.69, 9.17) is 0 Å². The first-order valence-corrected chi connectivity index (χ1v) is 13.6. The number of ketones is 1. The van der Waals surface area contributed by atoms with Crippen LogP contribution in [0.4, 0.5) is 0 Å². The van der Waals surface area contributed by atoms with Gasteiger partial charge in [0, 0.05) is 23.5 Å². The molecule has 5 aliphatic carbocycles. The van der Waals surface area contributed by atoms with E-state index in [-0.39, 0.29) is 39.2 Å². The predicted octanol–water partition coefficient (Wildman–Crippen LogP) is 6.89. The highest BCUT2D eigenvalue weighted by Crippen LogP contribution is 2.76. The minimum absolute atomic E-state index is 0.0242. The highest BCUT2D eigenvalue weighted by molar-refractivity contribution is 6.06. The zero-order valence-corrected chi connectivity index (χ0v) is 22.7. The molecule has 5 rings (SSSR count). The van der Waals surface area contributed by atoms with Gasteiger partial charge in [0.15, 0.2) is 5.76 Å². The number of fused-ring (bicyclic) bond motifs is 7. The van der Waals surface area contributed by atoms with Gasteiger partial charge in [-0.2, -0.15) is 0 Å². The fraction of sp³-hybridized carbons (Fsp3) is 0.677. The fourth-order valence-corrected chi connectivity index (χ4v) is 9.56. The van der Waals surface area contributed by atoms with Crippen LogP contribution in [0.2, 0.25) is 0 Å². The molecule has 0 saturated heterocycles. The molecule has 0 aromatic heterocycles. The Labute approximate surface area is 211 Å². The number of amides is 1. The standard InChI is InChI=1S/C31H43NO3/c1-8-31-16-14-29(6)22-17-23(34)26(35)19(2)21(22)9-10-24(29)30(31,7)15-12-27(4)11-13-28(5,18-25(27)31)32-20(3)33/h9-10,17,25,35H,8,11-16,18H2,1-7H3,(H,32,33)/t25-,27-,28-,29+,30-,31+/m1/s1. The molecular weight excluding hydrogens is 434 g/mol. The van der Waals surface area contributed by atoms with Gasteiger partial charge in [-0.25, -0.2) is 0 Å². The molecule has 190 valence electrons. The quantitative estimate of drug-likeness (QED) is 0.455. The molecule has 35 heavy (non-hydrogen) atoms. The number of hydrogen-bond donors (Lipinski definition) is 2. The Morgan fingerprint density at radius 2 is 1.74 bits per heavy atom. The molecule has 0 radical (unpaired) electrons. The molecule has 0 unspecified atom stereocenters. The number of carbonyl (C=O) groups excluding carboxylic acids is 2. The monoisotopic (exact) mass is 477 g/mol. The molecule has 0 bridgehead atoms. The molecule has 0 heterocycles. The zero-order chi connectivity index (χ0) is 25.6. The van der Waals surface area contributed by atoms with Gasteiger partial charge in [-0.15, -0.1) is 0 Å². The van der Waals surface area contributed by atoms with Crippen molar-refractivity contribution in [3.05, 3.63) is 46.3 Å². The lowest BCUT2D eigenvalue weighted by Crippen LogP contribution is -2.65. The Bertz CT molecular complexity index is 1140. The van der Waals surface area contributed by atoms with E-state index in [1.54, 1.807) is 13.0 Å². The maximum absolute atomic E-state index is 12.7. The van der Waals surface area contributed by atoms with Crippen LogP contribution in [0, 0.1) is 27.6 Å². The lowest BCUT2D eigenvalue weighted by Gasteiger charge is -2.71. The lowest BCUT2D eigenvalue weighted by molar-refractivity contribution is -0.166. The summed E-state index contributed by atoms with van der Waals surface area (Å²) >= 11 is 0. The van der Waals surface area contributed by atoms with Gasteiger partial charge in [0.05, 0.1) is 0 Å². The summed E-state index contributed by atoms with van der Waals surface area (Å²) in [7, 11) is 0. The minimum Gasteiger partial charge on any atom is -0.504 e. The van der Waals surface area contributed by atoms with Crippen LogP contribution >= 0.6 is 0 Å². The lowest BCUT2D eigenvalue weighted by atomic mass is 9.34. The third kappa shape index (κ3) is 3.10. The summed E-state index contributed by atoms with van der Waals surface area (Å²) < 4.78 is 0. The summed E-state index contributed by atoms with van der Waals surface area (Å²) in [5.74, 6) is 0.236. The third-order valence-electron chi connectivity index (χ3n) is 11.6. The van der Waals surface area contributed by atoms with Crippen molar-refractivity contribution < 1.29 is 14.7 Å². The van der Waals surface area contributed by atoms with Crippen LogP contribution in [0.1, 0.15) is 99.8 Å². The largest absolute Gasteiger partial charge is 0.504 e. The Hall–Kier alpha value is -2.10. The normalized spacial score (nSPS) is 44.7. The summed E-state index contributed by atoms with van der Waals surface area (Å²) in [6.07, 6.45) is 15.1. The van der Waals surface area contributed by atoms with E-state index in [0.29, 0.717) is 16.9 Å². The SMILES string of the molecule is CC[C@@]12CC[C@@]3(C)C4=CC(=O)C(O)=C(C)C4=CC=C3[C@@]1(C)CC[C@@]1(C)CC[C@@](C)(NC(C)=O)C[C@H]12. The summed E-state index contributed by atoms with van der Waals surface area (Å²) in [5.41, 5.74) is 4.43. The van der Waals surface area contributed by atoms with E-state index >= 15 is 0 Å². The Kier molecular flexibility index (Phi) is 5.24. The molecule has 0 aliphatic heterocycles. The summed E-state index contributed by atoms with van der Waals surface area (Å²) in [6.45, 7) is 15.5. The first-order chi connectivity index (χ1) is 16.3. The Balaban J connectivity index is 1.64. The van der Waals surface area contributed by atoms with E-state index < -0.39 is 0 Å². The summed E-state index contributed by atoms with van der Waals surface area (Å²) in [5, 5.41) is 13.7. The summed E-state index contributed by atoms with van der Waals surface area (Å²) in [6, 6.07) is 0. The van der Waals surface area contributed by atoms with Crippen molar-refractivity contribution in [1.29, 1.82) is 0 Å². The topological polar surface area (TPSA) is 66.4 Å². The molecule has 6 atom stereocenters. The Morgan fingerprint density at radius 3 is 2.40 bits per heavy atom. The van der Waals surface area contributed by atoms with Crippen molar-refractivity contribution in [3.8, 4) is 0 Å². The average Bonchev–Trinajstić information content (AvgIpc) is 2.79. The molecule has 4 heteroatoms. The second-order valence-corrected chi connectivity index (χ2v) is 13.4. The number of carbonyl (C=O) groups is 2. The molecule has 3 saturated carbocycles. The van der Waals surface area contributed by atoms with Gasteiger partial charge in [0.1, 0.15) is 0 Å². The average molecular weight is 478 g/mol. The smallest absolute Gasteiger partial charge is 0.220 e. The fourth-order valence-electron chi connectivity index (χ4n) is 9.56. The first kappa shape index (κ1) is 24.6.